The van der Waals surface area contributed by atoms with Crippen LogP contribution >= 0.6 is 11.6 Å². The van der Waals surface area contributed by atoms with Crippen molar-refractivity contribution < 1.29 is 18.3 Å². The lowest BCUT2D eigenvalue weighted by Gasteiger charge is -2.34. The van der Waals surface area contributed by atoms with Crippen LogP contribution in [0.5, 0.6) is 6.01 Å². The lowest BCUT2D eigenvalue weighted by atomic mass is 9.95. The summed E-state index contributed by atoms with van der Waals surface area (Å²) in [5.74, 6) is -0.0374. The fourth-order valence-corrected chi connectivity index (χ4v) is 7.27. The Morgan fingerprint density at radius 1 is 1.12 bits per heavy atom. The molecule has 0 amide bonds. The Balaban J connectivity index is 1.23. The molecule has 3 unspecified atom stereocenters. The van der Waals surface area contributed by atoms with E-state index in [-0.39, 0.29) is 41.6 Å². The Bertz CT molecular complexity index is 1620. The van der Waals surface area contributed by atoms with Crippen LogP contribution in [0.4, 0.5) is 14.6 Å². The van der Waals surface area contributed by atoms with Crippen molar-refractivity contribution in [3.63, 3.8) is 0 Å². The molecule has 2 bridgehead atoms. The van der Waals surface area contributed by atoms with E-state index in [0.717, 1.165) is 37.7 Å². The van der Waals surface area contributed by atoms with E-state index in [9.17, 15) is 4.39 Å². The van der Waals surface area contributed by atoms with Gasteiger partial charge >= 0.3 is 6.01 Å². The third-order valence-electron chi connectivity index (χ3n) is 8.97. The summed E-state index contributed by atoms with van der Waals surface area (Å²) in [4.78, 5) is 18.1. The molecule has 0 saturated carbocycles. The normalized spacial score (nSPS) is 28.2. The second kappa shape index (κ2) is 9.19. The van der Waals surface area contributed by atoms with Crippen molar-refractivity contribution in [1.29, 1.82) is 0 Å². The van der Waals surface area contributed by atoms with Crippen LogP contribution in [0.3, 0.4) is 0 Å². The number of hydrogen-bond donors (Lipinski definition) is 1. The second-order valence-electron chi connectivity index (χ2n) is 11.5. The topological polar surface area (TPSA) is 92.3 Å². The van der Waals surface area contributed by atoms with E-state index in [1.165, 1.54) is 0 Å². The van der Waals surface area contributed by atoms with Crippen molar-refractivity contribution in [2.45, 2.75) is 56.0 Å². The maximum Gasteiger partial charge on any atom is 0.319 e. The van der Waals surface area contributed by atoms with Crippen LogP contribution in [0.1, 0.15) is 32.1 Å². The zero-order valence-corrected chi connectivity index (χ0v) is 22.5. The molecule has 1 aromatic carbocycles. The first-order chi connectivity index (χ1) is 19.5. The van der Waals surface area contributed by atoms with Crippen molar-refractivity contribution >= 4 is 39.2 Å². The molecule has 8 rings (SSSR count). The minimum absolute atomic E-state index is 0.0651. The summed E-state index contributed by atoms with van der Waals surface area (Å²) >= 11 is 6.23. The molecule has 4 atom stereocenters. The first-order valence-corrected chi connectivity index (χ1v) is 14.3. The molecule has 4 fully saturated rings. The number of anilines is 1. The van der Waals surface area contributed by atoms with Gasteiger partial charge in [-0.25, -0.2) is 8.78 Å². The second-order valence-corrected chi connectivity index (χ2v) is 11.9. The number of nitrogens with zero attached hydrogens (tertiary/aromatic N) is 6. The monoisotopic (exact) mass is 567 g/mol. The Hall–Kier alpha value is -3.15. The van der Waals surface area contributed by atoms with Crippen LogP contribution < -0.4 is 9.64 Å². The molecular weight excluding hydrogens is 540 g/mol. The van der Waals surface area contributed by atoms with Crippen molar-refractivity contribution in [3.8, 4) is 17.4 Å². The third-order valence-corrected chi connectivity index (χ3v) is 9.20. The van der Waals surface area contributed by atoms with E-state index < -0.39 is 12.0 Å². The van der Waals surface area contributed by atoms with Crippen LogP contribution in [-0.2, 0) is 4.74 Å². The van der Waals surface area contributed by atoms with Crippen LogP contribution in [0.25, 0.3) is 33.2 Å². The molecule has 9 nitrogen and oxygen atoms in total. The van der Waals surface area contributed by atoms with Gasteiger partial charge in [0.05, 0.1) is 28.6 Å². The fourth-order valence-electron chi connectivity index (χ4n) is 7.09. The number of halogens is 3. The predicted octanol–water partition coefficient (Wildman–Crippen LogP) is 4.68. The summed E-state index contributed by atoms with van der Waals surface area (Å²) in [5.41, 5.74) is 0.878. The number of morpholine rings is 1. The molecule has 0 radical (unpaired) electrons. The molecule has 0 spiro atoms. The van der Waals surface area contributed by atoms with Gasteiger partial charge < -0.3 is 14.4 Å². The Labute approximate surface area is 233 Å². The summed E-state index contributed by atoms with van der Waals surface area (Å²) < 4.78 is 43.0. The standard InChI is InChI=1S/C28H28ClF2N7O2/c29-15-2-5-21-19(8-15)24(36-35-21)25-22(31)23-20(10-32-25)26(37-12-17-3-4-18(13-37)40-17)34-27(33-23)39-14-28-6-1-7-38(28)11-16(30)9-28/h2,5,8,10,16-18H,1,3-4,6-7,9,11-14H2,(H,35,36)/t16-,17?,18?,28?/m1/s1. The van der Waals surface area contributed by atoms with Gasteiger partial charge in [0.25, 0.3) is 0 Å². The number of H-pyrrole nitrogens is 1. The van der Waals surface area contributed by atoms with Gasteiger partial charge in [0, 0.05) is 42.7 Å². The van der Waals surface area contributed by atoms with Crippen LogP contribution in [0.15, 0.2) is 24.4 Å². The van der Waals surface area contributed by atoms with E-state index in [2.05, 4.69) is 30.0 Å². The first-order valence-electron chi connectivity index (χ1n) is 13.9. The van der Waals surface area contributed by atoms with E-state index in [4.69, 9.17) is 26.1 Å². The third kappa shape index (κ3) is 3.93. The molecule has 40 heavy (non-hydrogen) atoms. The van der Waals surface area contributed by atoms with E-state index in [0.29, 0.717) is 53.4 Å². The van der Waals surface area contributed by atoms with E-state index in [1.807, 2.05) is 0 Å². The zero-order valence-electron chi connectivity index (χ0n) is 21.7. The number of fused-ring (bicyclic) bond motifs is 5. The largest absolute Gasteiger partial charge is 0.461 e. The number of alkyl halides is 1. The van der Waals surface area contributed by atoms with E-state index >= 15 is 4.39 Å². The van der Waals surface area contributed by atoms with Gasteiger partial charge in [0.15, 0.2) is 5.82 Å². The lowest BCUT2D eigenvalue weighted by molar-refractivity contribution is 0.0302. The summed E-state index contributed by atoms with van der Waals surface area (Å²) in [5, 5.41) is 8.94. The Morgan fingerprint density at radius 2 is 1.98 bits per heavy atom. The molecule has 12 heteroatoms. The molecule has 4 aliphatic heterocycles. The minimum Gasteiger partial charge on any atom is -0.461 e. The van der Waals surface area contributed by atoms with E-state index in [1.54, 1.807) is 24.4 Å². The SMILES string of the molecule is Fc1c(-c2n[nH]c3ccc(Cl)cc23)ncc2c(N3CC4CCC(C3)O4)nc(OCC34CCCN3C[C@H](F)C4)nc12. The maximum atomic E-state index is 16.4. The average Bonchev–Trinajstić information content (AvgIpc) is 3.69. The van der Waals surface area contributed by atoms with Gasteiger partial charge in [-0.3, -0.25) is 15.0 Å². The highest BCUT2D eigenvalue weighted by Gasteiger charge is 2.49. The van der Waals surface area contributed by atoms with Crippen molar-refractivity contribution in [2.75, 3.05) is 37.7 Å². The molecule has 208 valence electrons. The maximum absolute atomic E-state index is 16.4. The first kappa shape index (κ1) is 24.6. The highest BCUT2D eigenvalue weighted by molar-refractivity contribution is 6.31. The number of pyridine rings is 1. The Morgan fingerprint density at radius 3 is 2.83 bits per heavy atom. The van der Waals surface area contributed by atoms with Crippen LogP contribution in [-0.4, -0.2) is 86.8 Å². The highest BCUT2D eigenvalue weighted by atomic mass is 35.5. The summed E-state index contributed by atoms with van der Waals surface area (Å²) in [6.07, 6.45) is 5.22. The number of ether oxygens (including phenoxy) is 2. The quantitative estimate of drug-likeness (QED) is 0.372. The summed E-state index contributed by atoms with van der Waals surface area (Å²) in [6.45, 7) is 2.84. The van der Waals surface area contributed by atoms with Gasteiger partial charge in [-0.05, 0) is 50.4 Å². The van der Waals surface area contributed by atoms with Crippen LogP contribution in [0.2, 0.25) is 5.02 Å². The van der Waals surface area contributed by atoms with Gasteiger partial charge in [-0.1, -0.05) is 11.6 Å². The smallest absolute Gasteiger partial charge is 0.319 e. The number of benzene rings is 1. The number of hydrogen-bond acceptors (Lipinski definition) is 8. The predicted molar refractivity (Wildman–Crippen MR) is 146 cm³/mol. The molecule has 0 aliphatic carbocycles. The number of nitrogens with one attached hydrogen (secondary N) is 1. The molecular formula is C28H28ClF2N7O2. The highest BCUT2D eigenvalue weighted by Crippen LogP contribution is 2.41. The molecule has 4 saturated heterocycles. The molecule has 3 aromatic heterocycles. The number of aromatic nitrogens is 5. The lowest BCUT2D eigenvalue weighted by Crippen LogP contribution is -2.44. The fraction of sp³-hybridized carbons (Fsp3) is 0.500. The molecule has 7 heterocycles. The van der Waals surface area contributed by atoms with Crippen molar-refractivity contribution in [3.05, 3.63) is 35.2 Å². The minimum atomic E-state index is -0.871. The Kier molecular flexibility index (Phi) is 5.66. The number of aromatic amines is 1. The van der Waals surface area contributed by atoms with Gasteiger partial charge in [-0.15, -0.1) is 0 Å². The van der Waals surface area contributed by atoms with Crippen molar-refractivity contribution in [1.82, 2.24) is 30.0 Å². The molecule has 4 aliphatic rings. The molecule has 4 aromatic rings. The van der Waals surface area contributed by atoms with Gasteiger partial charge in [0.1, 0.15) is 35.5 Å². The number of rotatable bonds is 5. The van der Waals surface area contributed by atoms with Crippen LogP contribution in [0, 0.1) is 5.82 Å². The summed E-state index contributed by atoms with van der Waals surface area (Å²) in [6, 6.07) is 5.35. The molecule has 1 N–H and O–H groups in total. The van der Waals surface area contributed by atoms with Crippen molar-refractivity contribution in [2.24, 2.45) is 0 Å². The van der Waals surface area contributed by atoms with Gasteiger partial charge in [-0.2, -0.15) is 15.1 Å². The average molecular weight is 568 g/mol. The summed E-state index contributed by atoms with van der Waals surface area (Å²) in [7, 11) is 0. The zero-order chi connectivity index (χ0) is 27.0. The van der Waals surface area contributed by atoms with Gasteiger partial charge in [0.2, 0.25) is 0 Å².